The van der Waals surface area contributed by atoms with Crippen LogP contribution in [0.4, 0.5) is 0 Å². The van der Waals surface area contributed by atoms with Gasteiger partial charge in [-0.15, -0.1) is 0 Å². The lowest BCUT2D eigenvalue weighted by molar-refractivity contribution is -0.144. The highest BCUT2D eigenvalue weighted by Gasteiger charge is 2.46. The van der Waals surface area contributed by atoms with Crippen LogP contribution in [0.2, 0.25) is 0 Å². The molecule has 1 atom stereocenters. The van der Waals surface area contributed by atoms with E-state index in [9.17, 15) is 4.79 Å². The van der Waals surface area contributed by atoms with Crippen molar-refractivity contribution in [2.24, 2.45) is 17.3 Å². The van der Waals surface area contributed by atoms with Crippen molar-refractivity contribution in [3.63, 3.8) is 0 Å². The van der Waals surface area contributed by atoms with Gasteiger partial charge in [0.15, 0.2) is 0 Å². The molecular formula is C15H26N2O. The molecule has 1 amide bonds. The van der Waals surface area contributed by atoms with Gasteiger partial charge in [-0.05, 0) is 56.5 Å². The fourth-order valence-electron chi connectivity index (χ4n) is 4.07. The van der Waals surface area contributed by atoms with Crippen molar-refractivity contribution in [2.45, 2.75) is 45.4 Å². The van der Waals surface area contributed by atoms with Gasteiger partial charge in [-0.2, -0.15) is 0 Å². The minimum Gasteiger partial charge on any atom is -0.342 e. The van der Waals surface area contributed by atoms with E-state index >= 15 is 0 Å². The van der Waals surface area contributed by atoms with E-state index in [-0.39, 0.29) is 0 Å². The van der Waals surface area contributed by atoms with Crippen LogP contribution in [0.15, 0.2) is 0 Å². The van der Waals surface area contributed by atoms with Crippen LogP contribution in [0, 0.1) is 17.3 Å². The van der Waals surface area contributed by atoms with Gasteiger partial charge in [-0.3, -0.25) is 4.79 Å². The Morgan fingerprint density at radius 2 is 1.94 bits per heavy atom. The molecule has 3 nitrogen and oxygen atoms in total. The van der Waals surface area contributed by atoms with Gasteiger partial charge in [-0.1, -0.05) is 13.3 Å². The Morgan fingerprint density at radius 1 is 1.22 bits per heavy atom. The molecule has 2 saturated heterocycles. The molecule has 3 heteroatoms. The molecule has 3 fully saturated rings. The molecule has 1 spiro atoms. The first-order valence-corrected chi connectivity index (χ1v) is 7.71. The average Bonchev–Trinajstić information content (AvgIpc) is 2.38. The van der Waals surface area contributed by atoms with Crippen LogP contribution in [-0.2, 0) is 4.79 Å². The lowest BCUT2D eigenvalue weighted by atomic mass is 9.59. The molecular weight excluding hydrogens is 224 g/mol. The summed E-state index contributed by atoms with van der Waals surface area (Å²) in [6.07, 6.45) is 7.38. The largest absolute Gasteiger partial charge is 0.342 e. The summed E-state index contributed by atoms with van der Waals surface area (Å²) in [4.78, 5) is 14.8. The minimum atomic E-state index is 0.303. The molecule has 0 radical (unpaired) electrons. The summed E-state index contributed by atoms with van der Waals surface area (Å²) in [5.41, 5.74) is 0.501. The van der Waals surface area contributed by atoms with E-state index in [0.29, 0.717) is 17.2 Å². The highest BCUT2D eigenvalue weighted by Crippen LogP contribution is 2.51. The topological polar surface area (TPSA) is 32.3 Å². The molecule has 18 heavy (non-hydrogen) atoms. The van der Waals surface area contributed by atoms with Crippen LogP contribution < -0.4 is 5.32 Å². The van der Waals surface area contributed by atoms with Gasteiger partial charge in [0.05, 0.1) is 0 Å². The third kappa shape index (κ3) is 2.07. The summed E-state index contributed by atoms with van der Waals surface area (Å²) >= 11 is 0. The maximum atomic E-state index is 12.6. The first kappa shape index (κ1) is 12.5. The zero-order valence-electron chi connectivity index (χ0n) is 11.6. The molecule has 2 aliphatic heterocycles. The molecule has 1 N–H and O–H groups in total. The third-order valence-corrected chi connectivity index (χ3v) is 5.73. The first-order chi connectivity index (χ1) is 8.71. The Labute approximate surface area is 110 Å². The van der Waals surface area contributed by atoms with Gasteiger partial charge in [0.25, 0.3) is 0 Å². The van der Waals surface area contributed by atoms with Crippen LogP contribution in [0.25, 0.3) is 0 Å². The van der Waals surface area contributed by atoms with E-state index in [1.165, 1.54) is 25.7 Å². The molecule has 1 saturated carbocycles. The summed E-state index contributed by atoms with van der Waals surface area (Å²) in [7, 11) is 0. The zero-order chi connectivity index (χ0) is 12.6. The second-order valence-electron chi connectivity index (χ2n) is 6.69. The Balaban J connectivity index is 1.63. The van der Waals surface area contributed by atoms with Gasteiger partial charge in [-0.25, -0.2) is 0 Å². The molecule has 0 aromatic rings. The number of carbonyl (C=O) groups is 1. The second-order valence-corrected chi connectivity index (χ2v) is 6.69. The Kier molecular flexibility index (Phi) is 3.35. The van der Waals surface area contributed by atoms with Crippen molar-refractivity contribution >= 4 is 5.91 Å². The maximum absolute atomic E-state index is 12.6. The number of likely N-dealkylation sites (tertiary alicyclic amines) is 1. The van der Waals surface area contributed by atoms with Crippen LogP contribution in [-0.4, -0.2) is 37.0 Å². The first-order valence-electron chi connectivity index (χ1n) is 7.71. The van der Waals surface area contributed by atoms with E-state index in [0.717, 1.165) is 44.9 Å². The van der Waals surface area contributed by atoms with E-state index in [2.05, 4.69) is 17.1 Å². The molecule has 3 rings (SSSR count). The standard InChI is InChI=1S/C15H26N2O/c1-12-5-10-17(11-15(12)6-2-7-15)14(18)13-3-8-16-9-4-13/h12-13,16H,2-11H2,1H3. The number of hydrogen-bond donors (Lipinski definition) is 1. The molecule has 1 aliphatic carbocycles. The number of piperidine rings is 2. The summed E-state index contributed by atoms with van der Waals surface area (Å²) < 4.78 is 0. The Morgan fingerprint density at radius 3 is 2.56 bits per heavy atom. The number of amides is 1. The summed E-state index contributed by atoms with van der Waals surface area (Å²) in [6.45, 7) is 6.49. The van der Waals surface area contributed by atoms with Crippen molar-refractivity contribution in [3.05, 3.63) is 0 Å². The molecule has 0 aromatic carbocycles. The van der Waals surface area contributed by atoms with Crippen molar-refractivity contribution in [2.75, 3.05) is 26.2 Å². The summed E-state index contributed by atoms with van der Waals surface area (Å²) in [5.74, 6) is 1.58. The Bertz CT molecular complexity index is 318. The van der Waals surface area contributed by atoms with Gasteiger partial charge >= 0.3 is 0 Å². The van der Waals surface area contributed by atoms with Gasteiger partial charge < -0.3 is 10.2 Å². The maximum Gasteiger partial charge on any atom is 0.225 e. The molecule has 102 valence electrons. The van der Waals surface area contributed by atoms with Gasteiger partial charge in [0.1, 0.15) is 0 Å². The number of nitrogens with zero attached hydrogens (tertiary/aromatic N) is 1. The smallest absolute Gasteiger partial charge is 0.225 e. The molecule has 3 aliphatic rings. The normalized spacial score (nSPS) is 32.3. The van der Waals surface area contributed by atoms with Crippen molar-refractivity contribution in [1.29, 1.82) is 0 Å². The number of rotatable bonds is 1. The van der Waals surface area contributed by atoms with Crippen molar-refractivity contribution < 1.29 is 4.79 Å². The highest BCUT2D eigenvalue weighted by molar-refractivity contribution is 5.79. The van der Waals surface area contributed by atoms with E-state index in [1.54, 1.807) is 0 Å². The van der Waals surface area contributed by atoms with Gasteiger partial charge in [0.2, 0.25) is 5.91 Å². The number of hydrogen-bond acceptors (Lipinski definition) is 2. The van der Waals surface area contributed by atoms with Crippen LogP contribution >= 0.6 is 0 Å². The predicted molar refractivity (Wildman–Crippen MR) is 72.2 cm³/mol. The molecule has 2 heterocycles. The second kappa shape index (κ2) is 4.84. The van der Waals surface area contributed by atoms with Crippen LogP contribution in [0.1, 0.15) is 45.4 Å². The average molecular weight is 250 g/mol. The highest BCUT2D eigenvalue weighted by atomic mass is 16.2. The predicted octanol–water partition coefficient (Wildman–Crippen LogP) is 2.02. The molecule has 1 unspecified atom stereocenters. The monoisotopic (exact) mass is 250 g/mol. The fourth-order valence-corrected chi connectivity index (χ4v) is 4.07. The molecule has 0 aromatic heterocycles. The SMILES string of the molecule is CC1CCN(C(=O)C2CCNCC2)CC12CCC2. The van der Waals surface area contributed by atoms with Crippen LogP contribution in [0.3, 0.4) is 0 Å². The van der Waals surface area contributed by atoms with E-state index in [4.69, 9.17) is 0 Å². The number of carbonyl (C=O) groups excluding carboxylic acids is 1. The lowest BCUT2D eigenvalue weighted by Crippen LogP contribution is -2.55. The quantitative estimate of drug-likeness (QED) is 0.772. The lowest BCUT2D eigenvalue weighted by Gasteiger charge is -2.53. The minimum absolute atomic E-state index is 0.303. The third-order valence-electron chi connectivity index (χ3n) is 5.73. The summed E-state index contributed by atoms with van der Waals surface area (Å²) in [6, 6.07) is 0. The van der Waals surface area contributed by atoms with E-state index < -0.39 is 0 Å². The molecule has 0 bridgehead atoms. The summed E-state index contributed by atoms with van der Waals surface area (Å²) in [5, 5.41) is 3.35. The Hall–Kier alpha value is -0.570. The van der Waals surface area contributed by atoms with Crippen LogP contribution in [0.5, 0.6) is 0 Å². The van der Waals surface area contributed by atoms with Gasteiger partial charge in [0, 0.05) is 19.0 Å². The van der Waals surface area contributed by atoms with E-state index in [1.807, 2.05) is 0 Å². The van der Waals surface area contributed by atoms with Crippen molar-refractivity contribution in [1.82, 2.24) is 10.2 Å². The van der Waals surface area contributed by atoms with Crippen molar-refractivity contribution in [3.8, 4) is 0 Å². The fraction of sp³-hybridized carbons (Fsp3) is 0.933. The zero-order valence-corrected chi connectivity index (χ0v) is 11.6. The number of nitrogens with one attached hydrogen (secondary N) is 1.